The molecular formula is C25H31N5O4. The molecular weight excluding hydrogens is 434 g/mol. The van der Waals surface area contributed by atoms with Gasteiger partial charge in [0.15, 0.2) is 5.78 Å². The number of nitrogens with zero attached hydrogens (tertiary/aromatic N) is 5. The number of rotatable bonds is 7. The van der Waals surface area contributed by atoms with E-state index in [2.05, 4.69) is 41.1 Å². The van der Waals surface area contributed by atoms with E-state index in [1.54, 1.807) is 14.2 Å². The van der Waals surface area contributed by atoms with E-state index >= 15 is 0 Å². The van der Waals surface area contributed by atoms with Gasteiger partial charge in [0.2, 0.25) is 5.82 Å². The average Bonchev–Trinajstić information content (AvgIpc) is 3.31. The average molecular weight is 466 g/mol. The summed E-state index contributed by atoms with van der Waals surface area (Å²) in [7, 11) is 3.28. The highest BCUT2D eigenvalue weighted by molar-refractivity contribution is 5.97. The second kappa shape index (κ2) is 9.80. The van der Waals surface area contributed by atoms with Crippen LogP contribution in [0.15, 0.2) is 36.4 Å². The summed E-state index contributed by atoms with van der Waals surface area (Å²) in [6, 6.07) is 11.2. The van der Waals surface area contributed by atoms with Crippen LogP contribution in [0.5, 0.6) is 11.5 Å². The molecule has 1 saturated heterocycles. The van der Waals surface area contributed by atoms with Gasteiger partial charge in [0.25, 0.3) is 0 Å². The lowest BCUT2D eigenvalue weighted by Crippen LogP contribution is -2.37. The summed E-state index contributed by atoms with van der Waals surface area (Å²) in [6.45, 7) is 9.09. The zero-order valence-corrected chi connectivity index (χ0v) is 20.4. The van der Waals surface area contributed by atoms with E-state index in [0.29, 0.717) is 30.4 Å². The smallest absolute Gasteiger partial charge is 0.205 e. The molecule has 180 valence electrons. The zero-order chi connectivity index (χ0) is 24.3. The molecule has 1 fully saturated rings. The molecule has 0 N–H and O–H groups in total. The highest BCUT2D eigenvalue weighted by Crippen LogP contribution is 2.40. The summed E-state index contributed by atoms with van der Waals surface area (Å²) in [5.41, 5.74) is 3.03. The summed E-state index contributed by atoms with van der Waals surface area (Å²) in [6.07, 6.45) is 0. The Hall–Kier alpha value is -3.46. The lowest BCUT2D eigenvalue weighted by atomic mass is 9.84. The van der Waals surface area contributed by atoms with Gasteiger partial charge >= 0.3 is 0 Å². The van der Waals surface area contributed by atoms with Crippen LogP contribution in [0.3, 0.4) is 0 Å². The van der Waals surface area contributed by atoms with Gasteiger partial charge in [-0.1, -0.05) is 32.9 Å². The SMILES string of the molecule is COc1cccc(-c2nnn(CC(=O)c3cc(N4CCOCC4)c(OC)c(C(C)(C)C)c3)n2)c1. The molecule has 0 saturated carbocycles. The Morgan fingerprint density at radius 1 is 1.09 bits per heavy atom. The third-order valence-corrected chi connectivity index (χ3v) is 5.82. The van der Waals surface area contributed by atoms with Crippen molar-refractivity contribution in [2.45, 2.75) is 32.7 Å². The summed E-state index contributed by atoms with van der Waals surface area (Å²) in [5.74, 6) is 1.83. The van der Waals surface area contributed by atoms with E-state index in [1.165, 1.54) is 4.80 Å². The summed E-state index contributed by atoms with van der Waals surface area (Å²) in [4.78, 5) is 16.9. The van der Waals surface area contributed by atoms with Crippen LogP contribution in [-0.2, 0) is 16.7 Å². The number of aromatic nitrogens is 4. The highest BCUT2D eigenvalue weighted by atomic mass is 16.5. The van der Waals surface area contributed by atoms with E-state index < -0.39 is 0 Å². The predicted molar refractivity (Wildman–Crippen MR) is 129 cm³/mol. The van der Waals surface area contributed by atoms with E-state index in [4.69, 9.17) is 14.2 Å². The molecule has 3 aromatic rings. The van der Waals surface area contributed by atoms with Crippen LogP contribution in [0, 0.1) is 0 Å². The summed E-state index contributed by atoms with van der Waals surface area (Å²) in [5, 5.41) is 12.6. The van der Waals surface area contributed by atoms with Crippen molar-refractivity contribution >= 4 is 11.5 Å². The van der Waals surface area contributed by atoms with Crippen molar-refractivity contribution in [3.05, 3.63) is 47.5 Å². The molecule has 2 aromatic carbocycles. The fourth-order valence-corrected chi connectivity index (χ4v) is 3.99. The topological polar surface area (TPSA) is 91.6 Å². The number of carbonyl (C=O) groups excluding carboxylic acids is 1. The number of benzene rings is 2. The molecule has 1 aliphatic rings. The lowest BCUT2D eigenvalue weighted by Gasteiger charge is -2.33. The molecule has 0 radical (unpaired) electrons. The first-order chi connectivity index (χ1) is 16.3. The maximum atomic E-state index is 13.3. The monoisotopic (exact) mass is 465 g/mol. The number of ether oxygens (including phenoxy) is 3. The molecule has 0 spiro atoms. The second-order valence-corrected chi connectivity index (χ2v) is 9.22. The van der Waals surface area contributed by atoms with Gasteiger partial charge in [0.1, 0.15) is 18.0 Å². The van der Waals surface area contributed by atoms with Crippen LogP contribution < -0.4 is 14.4 Å². The highest BCUT2D eigenvalue weighted by Gasteiger charge is 2.27. The molecule has 1 aliphatic heterocycles. The van der Waals surface area contributed by atoms with Gasteiger partial charge in [0, 0.05) is 29.8 Å². The molecule has 34 heavy (non-hydrogen) atoms. The van der Waals surface area contributed by atoms with Crippen LogP contribution in [0.25, 0.3) is 11.4 Å². The molecule has 0 bridgehead atoms. The van der Waals surface area contributed by atoms with Gasteiger partial charge in [-0.25, -0.2) is 0 Å². The van der Waals surface area contributed by atoms with Crippen molar-refractivity contribution in [1.82, 2.24) is 20.2 Å². The van der Waals surface area contributed by atoms with Crippen molar-refractivity contribution in [1.29, 1.82) is 0 Å². The van der Waals surface area contributed by atoms with Crippen LogP contribution in [-0.4, -0.2) is 66.5 Å². The Bertz CT molecular complexity index is 1160. The van der Waals surface area contributed by atoms with E-state index in [1.807, 2.05) is 36.4 Å². The minimum absolute atomic E-state index is 0.0184. The molecule has 9 nitrogen and oxygen atoms in total. The maximum Gasteiger partial charge on any atom is 0.205 e. The zero-order valence-electron chi connectivity index (χ0n) is 20.4. The normalized spacial score (nSPS) is 14.2. The molecule has 1 aromatic heterocycles. The number of tetrazole rings is 1. The number of morpholine rings is 1. The van der Waals surface area contributed by atoms with Gasteiger partial charge in [-0.3, -0.25) is 4.79 Å². The van der Waals surface area contributed by atoms with Crippen molar-refractivity contribution < 1.29 is 19.0 Å². The first-order valence-electron chi connectivity index (χ1n) is 11.3. The predicted octanol–water partition coefficient (Wildman–Crippen LogP) is 3.37. The number of methoxy groups -OCH3 is 2. The van der Waals surface area contributed by atoms with Crippen LogP contribution >= 0.6 is 0 Å². The molecule has 2 heterocycles. The van der Waals surface area contributed by atoms with Crippen LogP contribution in [0.2, 0.25) is 0 Å². The largest absolute Gasteiger partial charge is 0.497 e. The standard InChI is InChI=1S/C25H31N5O4/c1-25(2,3)20-14-18(15-21(23(20)33-5)29-9-11-34-12-10-29)22(31)16-30-27-24(26-28-30)17-7-6-8-19(13-17)32-4/h6-8,13-15H,9-12,16H2,1-5H3. The first kappa shape index (κ1) is 23.7. The van der Waals surface area contributed by atoms with Gasteiger partial charge < -0.3 is 19.1 Å². The van der Waals surface area contributed by atoms with Gasteiger partial charge in [-0.05, 0) is 34.9 Å². The number of hydrogen-bond donors (Lipinski definition) is 0. The fourth-order valence-electron chi connectivity index (χ4n) is 3.99. The van der Waals surface area contributed by atoms with Gasteiger partial charge in [-0.2, -0.15) is 4.80 Å². The number of anilines is 1. The minimum Gasteiger partial charge on any atom is -0.497 e. The molecule has 4 rings (SSSR count). The van der Waals surface area contributed by atoms with Crippen molar-refractivity contribution in [2.75, 3.05) is 45.4 Å². The second-order valence-electron chi connectivity index (χ2n) is 9.22. The van der Waals surface area contributed by atoms with Crippen LogP contribution in [0.4, 0.5) is 5.69 Å². The quantitative estimate of drug-likeness (QED) is 0.491. The van der Waals surface area contributed by atoms with Crippen LogP contribution in [0.1, 0.15) is 36.7 Å². The van der Waals surface area contributed by atoms with Crippen molar-refractivity contribution in [3.63, 3.8) is 0 Å². The molecule has 0 atom stereocenters. The Labute approximate surface area is 199 Å². The number of ketones is 1. The third kappa shape index (κ3) is 5.04. The van der Waals surface area contributed by atoms with E-state index in [9.17, 15) is 4.79 Å². The van der Waals surface area contributed by atoms with Gasteiger partial charge in [0.05, 0.1) is 33.1 Å². The Morgan fingerprint density at radius 2 is 1.85 bits per heavy atom. The third-order valence-electron chi connectivity index (χ3n) is 5.82. The van der Waals surface area contributed by atoms with Crippen molar-refractivity contribution in [2.24, 2.45) is 0 Å². The minimum atomic E-state index is -0.215. The molecule has 0 amide bonds. The fraction of sp³-hybridized carbons (Fsp3) is 0.440. The molecule has 0 aliphatic carbocycles. The molecule has 0 unspecified atom stereocenters. The lowest BCUT2D eigenvalue weighted by molar-refractivity contribution is 0.0961. The summed E-state index contributed by atoms with van der Waals surface area (Å²) < 4.78 is 16.6. The Morgan fingerprint density at radius 3 is 2.53 bits per heavy atom. The molecule has 9 heteroatoms. The van der Waals surface area contributed by atoms with Crippen molar-refractivity contribution in [3.8, 4) is 22.9 Å². The Balaban J connectivity index is 1.64. The number of Topliss-reactive ketones (excluding diaryl/α,β-unsaturated/α-hetero) is 1. The summed E-state index contributed by atoms with van der Waals surface area (Å²) >= 11 is 0. The maximum absolute atomic E-state index is 13.3. The number of hydrogen-bond acceptors (Lipinski definition) is 8. The Kier molecular flexibility index (Phi) is 6.83. The first-order valence-corrected chi connectivity index (χ1v) is 11.3. The number of carbonyl (C=O) groups is 1. The van der Waals surface area contributed by atoms with E-state index in [0.717, 1.165) is 35.7 Å². The van der Waals surface area contributed by atoms with Gasteiger partial charge in [-0.15, -0.1) is 10.2 Å². The van der Waals surface area contributed by atoms with E-state index in [-0.39, 0.29) is 17.7 Å².